The van der Waals surface area contributed by atoms with Crippen LogP contribution in [0.1, 0.15) is 15.9 Å². The van der Waals surface area contributed by atoms with E-state index in [2.05, 4.69) is 5.32 Å². The Labute approximate surface area is 164 Å². The van der Waals surface area contributed by atoms with Gasteiger partial charge in [0.2, 0.25) is 10.0 Å². The average molecular weight is 406 g/mol. The lowest BCUT2D eigenvalue weighted by Gasteiger charge is -2.15. The summed E-state index contributed by atoms with van der Waals surface area (Å²) in [4.78, 5) is 24.1. The van der Waals surface area contributed by atoms with Crippen molar-refractivity contribution in [2.45, 2.75) is 11.8 Å². The van der Waals surface area contributed by atoms with Crippen LogP contribution in [0.4, 0.5) is 5.69 Å². The summed E-state index contributed by atoms with van der Waals surface area (Å²) in [6, 6.07) is 10.8. The quantitative estimate of drug-likeness (QED) is 0.706. The summed E-state index contributed by atoms with van der Waals surface area (Å²) in [5.74, 6) is -0.645. The fourth-order valence-electron chi connectivity index (χ4n) is 2.29. The zero-order valence-electron chi connectivity index (χ0n) is 16.1. The number of benzene rings is 2. The molecule has 150 valence electrons. The highest BCUT2D eigenvalue weighted by Gasteiger charge is 2.20. The first kappa shape index (κ1) is 21.4. The molecule has 0 atom stereocenters. The molecule has 28 heavy (non-hydrogen) atoms. The van der Waals surface area contributed by atoms with Gasteiger partial charge in [0.1, 0.15) is 5.75 Å². The van der Waals surface area contributed by atoms with E-state index in [1.165, 1.54) is 39.4 Å². The molecule has 0 unspecified atom stereocenters. The van der Waals surface area contributed by atoms with Crippen LogP contribution < -0.4 is 10.1 Å². The van der Waals surface area contributed by atoms with Gasteiger partial charge in [-0.2, -0.15) is 0 Å². The third-order valence-corrected chi connectivity index (χ3v) is 5.85. The number of nitrogens with zero attached hydrogens (tertiary/aromatic N) is 1. The lowest BCUT2D eigenvalue weighted by molar-refractivity contribution is -0.119. The number of ether oxygens (including phenoxy) is 2. The molecule has 0 saturated heterocycles. The van der Waals surface area contributed by atoms with Gasteiger partial charge < -0.3 is 14.8 Å². The number of anilines is 1. The molecular weight excluding hydrogens is 384 g/mol. The lowest BCUT2D eigenvalue weighted by Crippen LogP contribution is -2.24. The number of methoxy groups -OCH3 is 1. The predicted molar refractivity (Wildman–Crippen MR) is 104 cm³/mol. The van der Waals surface area contributed by atoms with Crippen LogP contribution in [-0.4, -0.2) is 52.4 Å². The molecule has 0 saturated carbocycles. The Bertz CT molecular complexity index is 968. The number of hydrogen-bond acceptors (Lipinski definition) is 6. The van der Waals surface area contributed by atoms with Gasteiger partial charge in [-0.15, -0.1) is 0 Å². The first-order chi connectivity index (χ1) is 13.1. The standard InChI is InChI=1S/C19H22N2O6S/c1-13-5-8-15(11-17(13)28(24,25)21(2)3)20-18(22)12-27-19(23)14-6-9-16(26-4)10-7-14/h5-11H,12H2,1-4H3,(H,20,22). The molecular formula is C19H22N2O6S. The predicted octanol–water partition coefficient (Wildman–Crippen LogP) is 2.05. The SMILES string of the molecule is COc1ccc(C(=O)OCC(=O)Nc2ccc(C)c(S(=O)(=O)N(C)C)c2)cc1. The molecule has 2 aromatic rings. The fourth-order valence-corrected chi connectivity index (χ4v) is 3.44. The van der Waals surface area contributed by atoms with E-state index in [0.29, 0.717) is 11.3 Å². The molecule has 0 aliphatic rings. The first-order valence-corrected chi connectivity index (χ1v) is 9.73. The number of carbonyl (C=O) groups is 2. The van der Waals surface area contributed by atoms with Crippen LogP contribution in [0, 0.1) is 6.92 Å². The van der Waals surface area contributed by atoms with Gasteiger partial charge in [0.15, 0.2) is 6.61 Å². The second-order valence-electron chi connectivity index (χ2n) is 6.12. The van der Waals surface area contributed by atoms with E-state index >= 15 is 0 Å². The van der Waals surface area contributed by atoms with Crippen LogP contribution in [0.15, 0.2) is 47.4 Å². The Hall–Kier alpha value is -2.91. The fraction of sp³-hybridized carbons (Fsp3) is 0.263. The third-order valence-electron chi connectivity index (χ3n) is 3.89. The second kappa shape index (κ2) is 8.85. The summed E-state index contributed by atoms with van der Waals surface area (Å²) in [7, 11) is 0.723. The summed E-state index contributed by atoms with van der Waals surface area (Å²) in [6.07, 6.45) is 0. The normalized spacial score (nSPS) is 11.2. The maximum absolute atomic E-state index is 12.3. The Morgan fingerprint density at radius 2 is 1.71 bits per heavy atom. The van der Waals surface area contributed by atoms with Crippen molar-refractivity contribution < 1.29 is 27.5 Å². The molecule has 2 rings (SSSR count). The molecule has 1 amide bonds. The zero-order chi connectivity index (χ0) is 20.9. The van der Waals surface area contributed by atoms with Gasteiger partial charge in [-0.05, 0) is 48.9 Å². The molecule has 0 spiro atoms. The molecule has 2 aromatic carbocycles. The topological polar surface area (TPSA) is 102 Å². The number of carbonyl (C=O) groups excluding carboxylic acids is 2. The number of rotatable bonds is 7. The van der Waals surface area contributed by atoms with Crippen molar-refractivity contribution in [1.82, 2.24) is 4.31 Å². The Morgan fingerprint density at radius 1 is 1.07 bits per heavy atom. The number of aryl methyl sites for hydroxylation is 1. The van der Waals surface area contributed by atoms with Crippen molar-refractivity contribution in [3.05, 3.63) is 53.6 Å². The minimum atomic E-state index is -3.65. The summed E-state index contributed by atoms with van der Waals surface area (Å²) < 4.78 is 35.8. The molecule has 0 fully saturated rings. The summed E-state index contributed by atoms with van der Waals surface area (Å²) >= 11 is 0. The molecule has 0 aromatic heterocycles. The van der Waals surface area contributed by atoms with E-state index in [-0.39, 0.29) is 16.1 Å². The van der Waals surface area contributed by atoms with Crippen LogP contribution in [0.25, 0.3) is 0 Å². The highest BCUT2D eigenvalue weighted by atomic mass is 32.2. The highest BCUT2D eigenvalue weighted by Crippen LogP contribution is 2.22. The molecule has 8 nitrogen and oxygen atoms in total. The van der Waals surface area contributed by atoms with Crippen molar-refractivity contribution in [2.24, 2.45) is 0 Å². The highest BCUT2D eigenvalue weighted by molar-refractivity contribution is 7.89. The number of hydrogen-bond donors (Lipinski definition) is 1. The number of sulfonamides is 1. The Balaban J connectivity index is 2.02. The van der Waals surface area contributed by atoms with Gasteiger partial charge >= 0.3 is 5.97 Å². The minimum Gasteiger partial charge on any atom is -0.497 e. The van der Waals surface area contributed by atoms with Crippen molar-refractivity contribution in [3.8, 4) is 5.75 Å². The molecule has 9 heteroatoms. The number of esters is 1. The average Bonchev–Trinajstić information content (AvgIpc) is 2.67. The molecule has 0 aliphatic heterocycles. The zero-order valence-corrected chi connectivity index (χ0v) is 16.9. The smallest absolute Gasteiger partial charge is 0.338 e. The summed E-state index contributed by atoms with van der Waals surface area (Å²) in [5, 5.41) is 2.53. The van der Waals surface area contributed by atoms with E-state index in [9.17, 15) is 18.0 Å². The number of nitrogens with one attached hydrogen (secondary N) is 1. The van der Waals surface area contributed by atoms with Gasteiger partial charge in [-0.3, -0.25) is 4.79 Å². The second-order valence-corrected chi connectivity index (χ2v) is 8.24. The summed E-state index contributed by atoms with van der Waals surface area (Å²) in [6.45, 7) is 1.16. The summed E-state index contributed by atoms with van der Waals surface area (Å²) in [5.41, 5.74) is 1.12. The molecule has 0 bridgehead atoms. The third kappa shape index (κ3) is 5.08. The van der Waals surface area contributed by atoms with E-state index in [1.54, 1.807) is 31.2 Å². The lowest BCUT2D eigenvalue weighted by atomic mass is 10.2. The Morgan fingerprint density at radius 3 is 2.29 bits per heavy atom. The van der Waals surface area contributed by atoms with Crippen LogP contribution in [0.2, 0.25) is 0 Å². The minimum absolute atomic E-state index is 0.0885. The first-order valence-electron chi connectivity index (χ1n) is 8.29. The monoisotopic (exact) mass is 406 g/mol. The molecule has 0 aliphatic carbocycles. The van der Waals surface area contributed by atoms with E-state index in [1.807, 2.05) is 0 Å². The van der Waals surface area contributed by atoms with Crippen LogP contribution in [0.5, 0.6) is 5.75 Å². The van der Waals surface area contributed by atoms with Gasteiger partial charge in [-0.1, -0.05) is 6.07 Å². The van der Waals surface area contributed by atoms with Crippen molar-refractivity contribution in [3.63, 3.8) is 0 Å². The maximum Gasteiger partial charge on any atom is 0.338 e. The van der Waals surface area contributed by atoms with E-state index < -0.39 is 28.5 Å². The number of amides is 1. The molecule has 0 heterocycles. The van der Waals surface area contributed by atoms with Crippen LogP contribution in [-0.2, 0) is 19.6 Å². The van der Waals surface area contributed by atoms with Gasteiger partial charge in [0, 0.05) is 19.8 Å². The Kier molecular flexibility index (Phi) is 6.76. The molecule has 0 radical (unpaired) electrons. The largest absolute Gasteiger partial charge is 0.497 e. The van der Waals surface area contributed by atoms with Crippen molar-refractivity contribution in [2.75, 3.05) is 33.1 Å². The van der Waals surface area contributed by atoms with Gasteiger partial charge in [0.05, 0.1) is 17.6 Å². The van der Waals surface area contributed by atoms with Crippen molar-refractivity contribution >= 4 is 27.6 Å². The van der Waals surface area contributed by atoms with Crippen molar-refractivity contribution in [1.29, 1.82) is 0 Å². The van der Waals surface area contributed by atoms with E-state index in [4.69, 9.17) is 9.47 Å². The van der Waals surface area contributed by atoms with Crippen LogP contribution in [0.3, 0.4) is 0 Å². The van der Waals surface area contributed by atoms with E-state index in [0.717, 1.165) is 4.31 Å². The van der Waals surface area contributed by atoms with Gasteiger partial charge in [0.25, 0.3) is 5.91 Å². The molecule has 1 N–H and O–H groups in total. The van der Waals surface area contributed by atoms with Gasteiger partial charge in [-0.25, -0.2) is 17.5 Å². The maximum atomic E-state index is 12.3. The van der Waals surface area contributed by atoms with Crippen LogP contribution >= 0.6 is 0 Å².